The van der Waals surface area contributed by atoms with Crippen LogP contribution in [0, 0.1) is 0 Å². The Balaban J connectivity index is 1.91. The van der Waals surface area contributed by atoms with Crippen molar-refractivity contribution >= 4 is 11.7 Å². The van der Waals surface area contributed by atoms with Gasteiger partial charge in [-0.1, -0.05) is 12.1 Å². The topological polar surface area (TPSA) is 93.2 Å². The van der Waals surface area contributed by atoms with Gasteiger partial charge in [0.25, 0.3) is 0 Å². The van der Waals surface area contributed by atoms with Gasteiger partial charge in [-0.2, -0.15) is 0 Å². The molecule has 0 heterocycles. The lowest BCUT2D eigenvalue weighted by molar-refractivity contribution is 0.259. The first-order valence-corrected chi connectivity index (χ1v) is 6.72. The number of anilines is 1. The molecule has 1 aromatic rings. The number of benzene rings is 1. The highest BCUT2D eigenvalue weighted by Crippen LogP contribution is 2.22. The van der Waals surface area contributed by atoms with Crippen molar-refractivity contribution < 1.29 is 4.79 Å². The maximum absolute atomic E-state index is 10.7. The summed E-state index contributed by atoms with van der Waals surface area (Å²) in [5.74, 6) is 0. The molecule has 3 unspecified atom stereocenters. The molecular weight excluding hydrogens is 240 g/mol. The van der Waals surface area contributed by atoms with Crippen molar-refractivity contribution in [3.8, 4) is 0 Å². The quantitative estimate of drug-likeness (QED) is 0.665. The van der Waals surface area contributed by atoms with Crippen molar-refractivity contribution in [3.63, 3.8) is 0 Å². The lowest BCUT2D eigenvalue weighted by Crippen LogP contribution is -2.30. The van der Waals surface area contributed by atoms with Gasteiger partial charge in [-0.15, -0.1) is 0 Å². The molecule has 0 aliphatic heterocycles. The largest absolute Gasteiger partial charge is 0.351 e. The summed E-state index contributed by atoms with van der Waals surface area (Å²) in [5, 5.41) is 6.15. The normalized spacial score (nSPS) is 24.1. The predicted octanol–water partition coefficient (Wildman–Crippen LogP) is 1.71. The molecule has 2 rings (SSSR count). The highest BCUT2D eigenvalue weighted by molar-refractivity contribution is 5.87. The maximum Gasteiger partial charge on any atom is 0.316 e. The third-order valence-electron chi connectivity index (χ3n) is 3.64. The zero-order chi connectivity index (χ0) is 13.8. The summed E-state index contributed by atoms with van der Waals surface area (Å²) < 4.78 is 0. The van der Waals surface area contributed by atoms with E-state index in [1.54, 1.807) is 0 Å². The van der Waals surface area contributed by atoms with Gasteiger partial charge >= 0.3 is 6.03 Å². The van der Waals surface area contributed by atoms with Gasteiger partial charge in [0.15, 0.2) is 0 Å². The van der Waals surface area contributed by atoms with Crippen LogP contribution in [0.1, 0.15) is 37.8 Å². The fraction of sp³-hybridized carbons (Fsp3) is 0.500. The van der Waals surface area contributed by atoms with Gasteiger partial charge in [-0.25, -0.2) is 4.79 Å². The van der Waals surface area contributed by atoms with Crippen molar-refractivity contribution in [2.45, 2.75) is 44.3 Å². The summed E-state index contributed by atoms with van der Waals surface area (Å²) in [6, 6.07) is 8.30. The fourth-order valence-electron chi connectivity index (χ4n) is 2.61. The summed E-state index contributed by atoms with van der Waals surface area (Å²) in [6.45, 7) is 2.14. The van der Waals surface area contributed by atoms with Crippen molar-refractivity contribution in [1.29, 1.82) is 0 Å². The average Bonchev–Trinajstić information content (AvgIpc) is 2.75. The van der Waals surface area contributed by atoms with Crippen molar-refractivity contribution in [1.82, 2.24) is 5.32 Å². The molecule has 1 aliphatic carbocycles. The van der Waals surface area contributed by atoms with E-state index in [1.807, 2.05) is 24.3 Å². The Morgan fingerprint density at radius 3 is 2.53 bits per heavy atom. The number of hydrogen-bond acceptors (Lipinski definition) is 3. The molecule has 0 aromatic heterocycles. The average molecular weight is 262 g/mol. The van der Waals surface area contributed by atoms with E-state index >= 15 is 0 Å². The molecule has 1 saturated carbocycles. The van der Waals surface area contributed by atoms with E-state index in [1.165, 1.54) is 5.56 Å². The van der Waals surface area contributed by atoms with E-state index in [4.69, 9.17) is 11.5 Å². The van der Waals surface area contributed by atoms with Crippen LogP contribution in [0.3, 0.4) is 0 Å². The summed E-state index contributed by atoms with van der Waals surface area (Å²) in [5.41, 5.74) is 12.9. The molecule has 19 heavy (non-hydrogen) atoms. The Kier molecular flexibility index (Phi) is 4.39. The number of rotatable bonds is 4. The Hall–Kier alpha value is -1.59. The highest BCUT2D eigenvalue weighted by atomic mass is 16.2. The van der Waals surface area contributed by atoms with Crippen molar-refractivity contribution in [2.24, 2.45) is 11.5 Å². The number of amides is 2. The van der Waals surface area contributed by atoms with Crippen LogP contribution in [-0.2, 0) is 0 Å². The monoisotopic (exact) mass is 262 g/mol. The van der Waals surface area contributed by atoms with Gasteiger partial charge in [0, 0.05) is 23.8 Å². The van der Waals surface area contributed by atoms with E-state index in [-0.39, 0.29) is 6.04 Å². The minimum Gasteiger partial charge on any atom is -0.351 e. The van der Waals surface area contributed by atoms with Gasteiger partial charge < -0.3 is 22.1 Å². The molecule has 5 nitrogen and oxygen atoms in total. The molecule has 0 saturated heterocycles. The first-order valence-electron chi connectivity index (χ1n) is 6.72. The van der Waals surface area contributed by atoms with Crippen LogP contribution >= 0.6 is 0 Å². The number of hydrogen-bond donors (Lipinski definition) is 4. The second kappa shape index (κ2) is 6.04. The van der Waals surface area contributed by atoms with Gasteiger partial charge in [0.2, 0.25) is 0 Å². The summed E-state index contributed by atoms with van der Waals surface area (Å²) in [6.07, 6.45) is 3.30. The first kappa shape index (κ1) is 13.8. The van der Waals surface area contributed by atoms with Gasteiger partial charge in [-0.05, 0) is 43.9 Å². The Morgan fingerprint density at radius 2 is 2.00 bits per heavy atom. The van der Waals surface area contributed by atoms with Gasteiger partial charge in [-0.3, -0.25) is 0 Å². The number of nitrogens with one attached hydrogen (secondary N) is 2. The second-order valence-corrected chi connectivity index (χ2v) is 5.27. The van der Waals surface area contributed by atoms with Crippen LogP contribution in [-0.4, -0.2) is 18.1 Å². The number of urea groups is 1. The van der Waals surface area contributed by atoms with Crippen LogP contribution in [0.15, 0.2) is 24.3 Å². The molecular formula is C14H22N4O. The molecule has 3 atom stereocenters. The van der Waals surface area contributed by atoms with Crippen LogP contribution in [0.2, 0.25) is 0 Å². The predicted molar refractivity (Wildman–Crippen MR) is 76.8 cm³/mol. The molecule has 0 spiro atoms. The molecule has 0 bridgehead atoms. The van der Waals surface area contributed by atoms with Crippen LogP contribution < -0.4 is 22.1 Å². The molecule has 6 N–H and O–H groups in total. The number of primary amides is 1. The lowest BCUT2D eigenvalue weighted by atomic mass is 10.1. The summed E-state index contributed by atoms with van der Waals surface area (Å²) in [7, 11) is 0. The molecule has 0 radical (unpaired) electrons. The third-order valence-corrected chi connectivity index (χ3v) is 3.64. The molecule has 104 valence electrons. The Bertz CT molecular complexity index is 432. The van der Waals surface area contributed by atoms with E-state index in [0.29, 0.717) is 17.8 Å². The fourth-order valence-corrected chi connectivity index (χ4v) is 2.61. The van der Waals surface area contributed by atoms with E-state index < -0.39 is 6.03 Å². The molecule has 1 aromatic carbocycles. The standard InChI is InChI=1S/C14H22N4O/c1-9(17-13-7-4-11(15)8-13)10-2-5-12(6-3-10)18-14(16)19/h2-3,5-6,9,11,13,17H,4,7-8,15H2,1H3,(H3,16,18,19). The van der Waals surface area contributed by atoms with Gasteiger partial charge in [0.05, 0.1) is 0 Å². The summed E-state index contributed by atoms with van der Waals surface area (Å²) >= 11 is 0. The Labute approximate surface area is 113 Å². The molecule has 2 amide bonds. The lowest BCUT2D eigenvalue weighted by Gasteiger charge is -2.20. The molecule has 1 fully saturated rings. The van der Waals surface area contributed by atoms with E-state index in [2.05, 4.69) is 17.6 Å². The zero-order valence-corrected chi connectivity index (χ0v) is 11.2. The van der Waals surface area contributed by atoms with E-state index in [9.17, 15) is 4.79 Å². The first-order chi connectivity index (χ1) is 9.04. The Morgan fingerprint density at radius 1 is 1.32 bits per heavy atom. The third kappa shape index (κ3) is 3.94. The van der Waals surface area contributed by atoms with Crippen LogP contribution in [0.25, 0.3) is 0 Å². The number of carbonyl (C=O) groups excluding carboxylic acids is 1. The van der Waals surface area contributed by atoms with Gasteiger partial charge in [0.1, 0.15) is 0 Å². The summed E-state index contributed by atoms with van der Waals surface area (Å²) in [4.78, 5) is 10.7. The molecule has 1 aliphatic rings. The highest BCUT2D eigenvalue weighted by Gasteiger charge is 2.22. The SMILES string of the molecule is CC(NC1CCC(N)C1)c1ccc(NC(N)=O)cc1. The number of nitrogens with two attached hydrogens (primary N) is 2. The molecule has 5 heteroatoms. The van der Waals surface area contributed by atoms with Crippen LogP contribution in [0.4, 0.5) is 10.5 Å². The smallest absolute Gasteiger partial charge is 0.316 e. The second-order valence-electron chi connectivity index (χ2n) is 5.27. The minimum absolute atomic E-state index is 0.276. The zero-order valence-electron chi connectivity index (χ0n) is 11.2. The maximum atomic E-state index is 10.7. The van der Waals surface area contributed by atoms with E-state index in [0.717, 1.165) is 19.3 Å². The minimum atomic E-state index is -0.543. The van der Waals surface area contributed by atoms with Crippen molar-refractivity contribution in [3.05, 3.63) is 29.8 Å². The number of carbonyl (C=O) groups is 1. The van der Waals surface area contributed by atoms with Crippen molar-refractivity contribution in [2.75, 3.05) is 5.32 Å². The van der Waals surface area contributed by atoms with Crippen LogP contribution in [0.5, 0.6) is 0 Å².